The molecule has 14 aromatic rings. The number of fused-ring (bicyclic) bond motifs is 21. The number of para-hydroxylation sites is 6. The second-order valence-electron chi connectivity index (χ2n) is 19.4. The quantitative estimate of drug-likeness (QED) is 0.161. The van der Waals surface area contributed by atoms with E-state index in [9.17, 15) is 0 Å². The van der Waals surface area contributed by atoms with Crippen molar-refractivity contribution in [3.63, 3.8) is 0 Å². The smallest absolute Gasteiger partial charge is 0.333 e. The summed E-state index contributed by atoms with van der Waals surface area (Å²) in [5.74, 6) is 0. The molecule has 0 aliphatic carbocycles. The summed E-state index contributed by atoms with van der Waals surface area (Å²) in [4.78, 5) is 5.09. The summed E-state index contributed by atoms with van der Waals surface area (Å²) in [6.07, 6.45) is 0. The van der Waals surface area contributed by atoms with Crippen molar-refractivity contribution >= 4 is 166 Å². The van der Waals surface area contributed by atoms with Crippen molar-refractivity contribution in [2.75, 3.05) is 9.80 Å². The van der Waals surface area contributed by atoms with Crippen LogP contribution in [0.4, 0.5) is 34.1 Å². The van der Waals surface area contributed by atoms with Gasteiger partial charge < -0.3 is 18.8 Å². The van der Waals surface area contributed by atoms with Crippen molar-refractivity contribution in [3.05, 3.63) is 206 Å². The van der Waals surface area contributed by atoms with Gasteiger partial charge in [-0.2, -0.15) is 0 Å². The Labute approximate surface area is 410 Å². The van der Waals surface area contributed by atoms with Gasteiger partial charge in [0, 0.05) is 119 Å². The first-order valence-corrected chi connectivity index (χ1v) is 25.9. The maximum atomic E-state index is 2.80. The third-order valence-corrected chi connectivity index (χ3v) is 18.6. The van der Waals surface area contributed by atoms with Gasteiger partial charge in [0.2, 0.25) is 0 Å². The Bertz CT molecular complexity index is 4400. The Kier molecular flexibility index (Phi) is 6.75. The Balaban J connectivity index is 1.04. The molecular formula is C62H34B2N4S2. The molecule has 18 rings (SSSR count). The van der Waals surface area contributed by atoms with Crippen LogP contribution in [0.3, 0.4) is 0 Å². The number of thiophene rings is 2. The van der Waals surface area contributed by atoms with Crippen LogP contribution in [0.1, 0.15) is 0 Å². The molecule has 0 saturated carbocycles. The Morgan fingerprint density at radius 3 is 1.19 bits per heavy atom. The topological polar surface area (TPSA) is 16.3 Å². The maximum Gasteiger partial charge on any atom is 0.333 e. The average Bonchev–Trinajstić information content (AvgIpc) is 4.18. The van der Waals surface area contributed by atoms with E-state index in [1.165, 1.54) is 151 Å². The minimum Gasteiger partial charge on any atom is -0.374 e. The highest BCUT2D eigenvalue weighted by atomic mass is 32.1. The van der Waals surface area contributed by atoms with E-state index in [0.29, 0.717) is 0 Å². The van der Waals surface area contributed by atoms with E-state index in [-0.39, 0.29) is 13.7 Å². The molecule has 0 N–H and O–H groups in total. The average molecular weight is 921 g/mol. The van der Waals surface area contributed by atoms with E-state index in [0.717, 1.165) is 0 Å². The lowest BCUT2D eigenvalue weighted by molar-refractivity contribution is 1.26. The largest absolute Gasteiger partial charge is 0.374 e. The standard InChI is InChI=1S/C62H34B2N4S2/c1-3-17-35(18-4-1)65-47-29-11-9-27-45(47)63-55-49(65)33-43-37-21-7-13-31-51(37)69-61(43)53(55)39-23-15-25-41-57(39)67(63)59-42-26-16-24-40-54-56-50(34-44-38-22-8-14-32-52(38)70-62(44)54)66(36-19-5-2-6-20-36)48-30-12-10-28-46(48)64(56)68(58(40)42)60(41)59/h1-34H. The first-order valence-electron chi connectivity index (χ1n) is 24.2. The molecule has 4 aromatic heterocycles. The Hall–Kier alpha value is -8.29. The molecule has 0 fully saturated rings. The maximum absolute atomic E-state index is 2.80. The molecule has 0 bridgehead atoms. The lowest BCUT2D eigenvalue weighted by atomic mass is 9.45. The van der Waals surface area contributed by atoms with Gasteiger partial charge in [-0.25, -0.2) is 0 Å². The van der Waals surface area contributed by atoms with E-state index < -0.39 is 0 Å². The SMILES string of the molecule is c1ccc(N2c3ccccc3B3c4c2cc2c(sc5ccccc52)c4-c2cccc4c2n3c2c3cccc5c3n(c42)B2c3ccccc3N(c3ccccc3)c3cc4c(sc6ccccc64)c-5c32)cc1. The summed E-state index contributed by atoms with van der Waals surface area (Å²) >= 11 is 3.90. The van der Waals surface area contributed by atoms with Crippen molar-refractivity contribution in [1.82, 2.24) is 8.96 Å². The van der Waals surface area contributed by atoms with E-state index in [1.807, 2.05) is 22.7 Å². The molecule has 4 aliphatic heterocycles. The summed E-state index contributed by atoms with van der Waals surface area (Å²) in [6.45, 7) is -0.151. The predicted octanol–water partition coefficient (Wildman–Crippen LogP) is 14.3. The summed E-state index contributed by atoms with van der Waals surface area (Å²) in [5, 5.41) is 7.89. The number of aromatic nitrogens is 2. The third kappa shape index (κ3) is 4.26. The van der Waals surface area contributed by atoms with E-state index in [2.05, 4.69) is 225 Å². The van der Waals surface area contributed by atoms with Crippen molar-refractivity contribution < 1.29 is 0 Å². The van der Waals surface area contributed by atoms with Gasteiger partial charge in [-0.3, -0.25) is 0 Å². The molecule has 4 aliphatic rings. The second kappa shape index (κ2) is 12.9. The van der Waals surface area contributed by atoms with Crippen LogP contribution in [-0.2, 0) is 0 Å². The highest BCUT2D eigenvalue weighted by Gasteiger charge is 2.48. The zero-order chi connectivity index (χ0) is 45.1. The number of nitrogens with zero attached hydrogens (tertiary/aromatic N) is 4. The molecule has 0 amide bonds. The summed E-state index contributed by atoms with van der Waals surface area (Å²) in [7, 11) is 0. The Morgan fingerprint density at radius 2 is 0.714 bits per heavy atom. The fraction of sp³-hybridized carbons (Fsp3) is 0. The van der Waals surface area contributed by atoms with Gasteiger partial charge in [0.25, 0.3) is 0 Å². The van der Waals surface area contributed by atoms with Crippen LogP contribution in [-0.4, -0.2) is 22.7 Å². The molecule has 8 heterocycles. The number of hydrogen-bond acceptors (Lipinski definition) is 4. The molecule has 0 radical (unpaired) electrons. The first-order chi connectivity index (χ1) is 34.8. The predicted molar refractivity (Wildman–Crippen MR) is 302 cm³/mol. The van der Waals surface area contributed by atoms with E-state index >= 15 is 0 Å². The van der Waals surface area contributed by atoms with E-state index in [4.69, 9.17) is 0 Å². The third-order valence-electron chi connectivity index (χ3n) is 16.2. The molecule has 320 valence electrons. The first kappa shape index (κ1) is 36.7. The Morgan fingerprint density at radius 1 is 0.314 bits per heavy atom. The molecule has 8 heteroatoms. The number of anilines is 6. The van der Waals surface area contributed by atoms with Gasteiger partial charge in [0.15, 0.2) is 0 Å². The van der Waals surface area contributed by atoms with Gasteiger partial charge in [-0.05, 0) is 82.5 Å². The summed E-state index contributed by atoms with van der Waals surface area (Å²) in [6, 6.07) is 78.0. The number of rotatable bonds is 2. The molecule has 0 unspecified atom stereocenters. The highest BCUT2D eigenvalue weighted by Crippen LogP contribution is 2.55. The van der Waals surface area contributed by atoms with Crippen LogP contribution in [0.2, 0.25) is 0 Å². The van der Waals surface area contributed by atoms with Gasteiger partial charge >= 0.3 is 13.7 Å². The van der Waals surface area contributed by atoms with Crippen molar-refractivity contribution in [2.24, 2.45) is 0 Å². The van der Waals surface area contributed by atoms with Crippen LogP contribution >= 0.6 is 22.7 Å². The normalized spacial score (nSPS) is 13.9. The zero-order valence-corrected chi connectivity index (χ0v) is 39.0. The number of benzene rings is 10. The van der Waals surface area contributed by atoms with Crippen LogP contribution in [0.15, 0.2) is 206 Å². The minimum atomic E-state index is -0.0754. The van der Waals surface area contributed by atoms with E-state index in [1.54, 1.807) is 0 Å². The second-order valence-corrected chi connectivity index (χ2v) is 21.5. The van der Waals surface area contributed by atoms with Crippen LogP contribution < -0.4 is 31.7 Å². The molecular weight excluding hydrogens is 886 g/mol. The van der Waals surface area contributed by atoms with Gasteiger partial charge in [0.05, 0.1) is 11.0 Å². The van der Waals surface area contributed by atoms with Crippen molar-refractivity contribution in [2.45, 2.75) is 0 Å². The monoisotopic (exact) mass is 920 g/mol. The molecule has 10 aromatic carbocycles. The van der Waals surface area contributed by atoms with Crippen molar-refractivity contribution in [1.29, 1.82) is 0 Å². The molecule has 70 heavy (non-hydrogen) atoms. The minimum absolute atomic E-state index is 0.0754. The molecule has 0 atom stereocenters. The molecule has 0 spiro atoms. The summed E-state index contributed by atoms with van der Waals surface area (Å²) < 4.78 is 11.0. The van der Waals surface area contributed by atoms with Crippen LogP contribution in [0, 0.1) is 0 Å². The lowest BCUT2D eigenvalue weighted by Gasteiger charge is -2.41. The highest BCUT2D eigenvalue weighted by molar-refractivity contribution is 7.27. The summed E-state index contributed by atoms with van der Waals surface area (Å²) in [5.41, 5.74) is 23.3. The number of hydrogen-bond donors (Lipinski definition) is 0. The van der Waals surface area contributed by atoms with Gasteiger partial charge in [0.1, 0.15) is 0 Å². The van der Waals surface area contributed by atoms with Gasteiger partial charge in [-0.15, -0.1) is 22.7 Å². The fourth-order valence-corrected chi connectivity index (χ4v) is 16.2. The lowest BCUT2D eigenvalue weighted by Crippen LogP contribution is -2.56. The van der Waals surface area contributed by atoms with Crippen LogP contribution in [0.5, 0.6) is 0 Å². The van der Waals surface area contributed by atoms with Gasteiger partial charge in [-0.1, -0.05) is 146 Å². The molecule has 0 saturated heterocycles. The van der Waals surface area contributed by atoms with Crippen molar-refractivity contribution in [3.8, 4) is 22.3 Å². The molecule has 4 nitrogen and oxygen atoms in total. The van der Waals surface area contributed by atoms with Crippen LogP contribution in [0.25, 0.3) is 95.4 Å². The fourth-order valence-electron chi connectivity index (χ4n) is 13.7. The zero-order valence-electron chi connectivity index (χ0n) is 37.4.